The van der Waals surface area contributed by atoms with Gasteiger partial charge in [-0.3, -0.25) is 9.69 Å². The van der Waals surface area contributed by atoms with Crippen LogP contribution in [0.3, 0.4) is 0 Å². The van der Waals surface area contributed by atoms with E-state index in [1.54, 1.807) is 13.8 Å². The van der Waals surface area contributed by atoms with Gasteiger partial charge in [-0.15, -0.1) is 0 Å². The van der Waals surface area contributed by atoms with Crippen LogP contribution in [0.4, 0.5) is 0 Å². The van der Waals surface area contributed by atoms with Gasteiger partial charge >= 0.3 is 5.97 Å². The molecule has 2 N–H and O–H groups in total. The number of carbonyl (C=O) groups excluding carboxylic acids is 1. The van der Waals surface area contributed by atoms with Crippen LogP contribution in [0, 0.1) is 50.7 Å². The molecule has 9 nitrogen and oxygen atoms in total. The zero-order valence-electron chi connectivity index (χ0n) is 32.2. The lowest BCUT2D eigenvalue weighted by molar-refractivity contribution is -0.252. The number of esters is 1. The van der Waals surface area contributed by atoms with Crippen molar-refractivity contribution in [2.45, 2.75) is 168 Å². The number of aliphatic hydroxyl groups is 2. The SMILES string of the molecule is CC(=O)O[C@@H]([C@H]1C[C@@H](C)C2[C@H](O1)[C@H](O)[C@@]1(C)[C@@H]3CC[C@H]4C(C)(C)[C@@H](O[C@H]5CN(C6CCOCC6)CCO5)CC[C@@]45C[C@@]35CC[C@]21C)C(C)(C)O. The molecule has 1 unspecified atom stereocenters. The lowest BCUT2D eigenvalue weighted by Gasteiger charge is -2.64. The van der Waals surface area contributed by atoms with Gasteiger partial charge < -0.3 is 33.9 Å². The molecule has 0 aromatic carbocycles. The summed E-state index contributed by atoms with van der Waals surface area (Å²) in [5.41, 5.74) is -0.949. The number of nitrogens with zero attached hydrogens (tertiary/aromatic N) is 1. The Morgan fingerprint density at radius 3 is 2.36 bits per heavy atom. The minimum Gasteiger partial charge on any atom is -0.457 e. The van der Waals surface area contributed by atoms with Crippen molar-refractivity contribution < 1.29 is 38.7 Å². The van der Waals surface area contributed by atoms with Crippen LogP contribution < -0.4 is 0 Å². The first-order valence-electron chi connectivity index (χ1n) is 20.3. The Hall–Kier alpha value is -0.810. The second-order valence-electron chi connectivity index (χ2n) is 20.0. The molecule has 8 fully saturated rings. The Kier molecular flexibility index (Phi) is 8.75. The largest absolute Gasteiger partial charge is 0.457 e. The van der Waals surface area contributed by atoms with E-state index in [1.807, 2.05) is 0 Å². The number of morpholine rings is 1. The average Bonchev–Trinajstić information content (AvgIpc) is 3.69. The zero-order chi connectivity index (χ0) is 35.6. The highest BCUT2D eigenvalue weighted by Gasteiger charge is 2.84. The molecule has 5 aliphatic carbocycles. The predicted molar refractivity (Wildman–Crippen MR) is 188 cm³/mol. The van der Waals surface area contributed by atoms with E-state index in [0.717, 1.165) is 65.0 Å². The van der Waals surface area contributed by atoms with Gasteiger partial charge in [-0.25, -0.2) is 0 Å². The van der Waals surface area contributed by atoms with Gasteiger partial charge in [-0.2, -0.15) is 0 Å². The summed E-state index contributed by atoms with van der Waals surface area (Å²) in [6.07, 6.45) is 8.99. The third kappa shape index (κ3) is 5.05. The van der Waals surface area contributed by atoms with E-state index in [0.29, 0.717) is 29.7 Å². The molecule has 5 saturated carbocycles. The summed E-state index contributed by atoms with van der Waals surface area (Å²) < 4.78 is 31.5. The maximum Gasteiger partial charge on any atom is 0.303 e. The summed E-state index contributed by atoms with van der Waals surface area (Å²) in [7, 11) is 0. The second-order valence-corrected chi connectivity index (χ2v) is 20.0. The minimum atomic E-state index is -1.25. The Morgan fingerprint density at radius 1 is 0.960 bits per heavy atom. The van der Waals surface area contributed by atoms with Crippen molar-refractivity contribution in [1.82, 2.24) is 4.90 Å². The molecule has 3 heterocycles. The third-order valence-electron chi connectivity index (χ3n) is 17.2. The third-order valence-corrected chi connectivity index (χ3v) is 17.2. The first-order valence-corrected chi connectivity index (χ1v) is 20.3. The van der Waals surface area contributed by atoms with E-state index in [9.17, 15) is 15.0 Å². The van der Waals surface area contributed by atoms with Gasteiger partial charge in [-0.1, -0.05) is 34.6 Å². The molecule has 0 amide bonds. The van der Waals surface area contributed by atoms with Crippen molar-refractivity contribution >= 4 is 5.97 Å². The zero-order valence-corrected chi connectivity index (χ0v) is 32.2. The highest BCUT2D eigenvalue weighted by Crippen LogP contribution is 2.89. The summed E-state index contributed by atoms with van der Waals surface area (Å²) in [5.74, 6) is 1.13. The monoisotopic (exact) mass is 701 g/mol. The van der Waals surface area contributed by atoms with Crippen LogP contribution in [0.1, 0.15) is 120 Å². The van der Waals surface area contributed by atoms with Gasteiger partial charge in [0, 0.05) is 44.7 Å². The summed E-state index contributed by atoms with van der Waals surface area (Å²) >= 11 is 0. The molecular formula is C41H67NO8. The Bertz CT molecular complexity index is 1310. The number of aliphatic hydroxyl groups excluding tert-OH is 1. The lowest BCUT2D eigenvalue weighted by Crippen LogP contribution is -2.60. The Labute approximate surface area is 300 Å². The topological polar surface area (TPSA) is 107 Å². The van der Waals surface area contributed by atoms with Crippen LogP contribution in [0.5, 0.6) is 0 Å². The maximum atomic E-state index is 12.6. The molecule has 2 spiro atoms. The molecule has 0 aromatic heterocycles. The molecule has 9 heteroatoms. The second kappa shape index (κ2) is 12.1. The number of fused-ring (bicyclic) bond motifs is 4. The molecule has 14 atom stereocenters. The fourth-order valence-corrected chi connectivity index (χ4v) is 14.9. The Morgan fingerprint density at radius 2 is 1.66 bits per heavy atom. The first kappa shape index (κ1) is 36.2. The minimum absolute atomic E-state index is 0.0502. The van der Waals surface area contributed by atoms with Gasteiger partial charge in [0.1, 0.15) is 0 Å². The molecule has 0 bridgehead atoms. The molecule has 8 rings (SSSR count). The lowest BCUT2D eigenvalue weighted by atomic mass is 9.41. The molecular weight excluding hydrogens is 634 g/mol. The highest BCUT2D eigenvalue weighted by atomic mass is 16.7. The average molecular weight is 702 g/mol. The van der Waals surface area contributed by atoms with Crippen LogP contribution in [0.15, 0.2) is 0 Å². The van der Waals surface area contributed by atoms with Crippen molar-refractivity contribution in [3.63, 3.8) is 0 Å². The van der Waals surface area contributed by atoms with Crippen molar-refractivity contribution in [3.05, 3.63) is 0 Å². The van der Waals surface area contributed by atoms with E-state index < -0.39 is 29.9 Å². The smallest absolute Gasteiger partial charge is 0.303 e. The van der Waals surface area contributed by atoms with Crippen molar-refractivity contribution in [2.75, 3.05) is 32.9 Å². The number of rotatable bonds is 6. The molecule has 3 saturated heterocycles. The van der Waals surface area contributed by atoms with Gasteiger partial charge in [-0.05, 0) is 123 Å². The summed E-state index contributed by atoms with van der Waals surface area (Å²) in [6.45, 7) is 21.2. The van der Waals surface area contributed by atoms with Crippen molar-refractivity contribution in [1.29, 1.82) is 0 Å². The maximum absolute atomic E-state index is 12.6. The first-order chi connectivity index (χ1) is 23.5. The van der Waals surface area contributed by atoms with Crippen LogP contribution in [0.25, 0.3) is 0 Å². The Balaban J connectivity index is 1.01. The summed E-state index contributed by atoms with van der Waals surface area (Å²) in [4.78, 5) is 14.7. The molecule has 3 aliphatic heterocycles. The van der Waals surface area contributed by atoms with Crippen LogP contribution in [0.2, 0.25) is 0 Å². The summed E-state index contributed by atoms with van der Waals surface area (Å²) in [5, 5.41) is 23.7. The van der Waals surface area contributed by atoms with E-state index in [-0.39, 0.29) is 52.0 Å². The standard InChI is InChI=1S/C41H67NO8/c1-24-21-27(35(37(5,6)45)48-25(2)43)49-33-32(24)38(7)15-16-41-23-40(41)14-11-30(36(3,4)28(40)9-10-29(41)39(38,8)34(33)44)50-31-22-42(17-20-47-31)26-12-18-46-19-13-26/h24,26-35,44-45H,9-23H2,1-8H3/t24-,27-,28+,29+,30+,31+,32?,33+,34+,35+,38-,39-,40-,41+/m1/s1. The fraction of sp³-hybridized carbons (Fsp3) is 0.976. The highest BCUT2D eigenvalue weighted by molar-refractivity contribution is 5.66. The van der Waals surface area contributed by atoms with Crippen LogP contribution in [-0.4, -0.2) is 102 Å². The van der Waals surface area contributed by atoms with Gasteiger partial charge in [0.15, 0.2) is 12.4 Å². The van der Waals surface area contributed by atoms with E-state index >= 15 is 0 Å². The van der Waals surface area contributed by atoms with Crippen LogP contribution in [-0.2, 0) is 28.5 Å². The van der Waals surface area contributed by atoms with E-state index in [4.69, 9.17) is 23.7 Å². The van der Waals surface area contributed by atoms with Crippen molar-refractivity contribution in [2.24, 2.45) is 50.7 Å². The summed E-state index contributed by atoms with van der Waals surface area (Å²) in [6, 6.07) is 0.576. The molecule has 0 radical (unpaired) electrons. The number of carbonyl (C=O) groups is 1. The van der Waals surface area contributed by atoms with Gasteiger partial charge in [0.2, 0.25) is 0 Å². The van der Waals surface area contributed by atoms with E-state index in [2.05, 4.69) is 39.5 Å². The number of hydrogen-bond acceptors (Lipinski definition) is 9. The molecule has 8 aliphatic rings. The predicted octanol–water partition coefficient (Wildman–Crippen LogP) is 5.72. The van der Waals surface area contributed by atoms with Gasteiger partial charge in [0.25, 0.3) is 0 Å². The quantitative estimate of drug-likeness (QED) is 0.336. The molecule has 50 heavy (non-hydrogen) atoms. The van der Waals surface area contributed by atoms with Crippen molar-refractivity contribution in [3.8, 4) is 0 Å². The molecule has 0 aromatic rings. The normalized spacial score (nSPS) is 51.0. The van der Waals surface area contributed by atoms with E-state index in [1.165, 1.54) is 32.6 Å². The fourth-order valence-electron chi connectivity index (χ4n) is 14.9. The van der Waals surface area contributed by atoms with Crippen LogP contribution >= 0.6 is 0 Å². The molecule has 284 valence electrons. The number of hydrogen-bond donors (Lipinski definition) is 2. The number of ether oxygens (including phenoxy) is 5. The van der Waals surface area contributed by atoms with Gasteiger partial charge in [0.05, 0.1) is 36.6 Å².